The number of anilines is 1. The Morgan fingerprint density at radius 3 is 2.85 bits per heavy atom. The summed E-state index contributed by atoms with van der Waals surface area (Å²) in [5.41, 5.74) is 0.298. The van der Waals surface area contributed by atoms with Crippen LogP contribution in [0.15, 0.2) is 29.1 Å². The minimum absolute atomic E-state index is 0.0524. The molecule has 0 saturated carbocycles. The van der Waals surface area contributed by atoms with E-state index >= 15 is 0 Å². The molecule has 2 atom stereocenters. The van der Waals surface area contributed by atoms with E-state index in [0.717, 1.165) is 13.1 Å². The Hall–Kier alpha value is -2.88. The van der Waals surface area contributed by atoms with Gasteiger partial charge in [-0.2, -0.15) is 4.98 Å². The molecule has 1 aromatic heterocycles. The number of hydrogen-bond acceptors (Lipinski definition) is 7. The molecule has 0 aliphatic carbocycles. The lowest BCUT2D eigenvalue weighted by Gasteiger charge is -2.37. The zero-order valence-electron chi connectivity index (χ0n) is 19.3. The van der Waals surface area contributed by atoms with Crippen molar-refractivity contribution in [2.24, 2.45) is 0 Å². The minimum atomic E-state index is -0.629. The number of phenolic OH excluding ortho intramolecular Hbond substituents is 1. The number of rotatable bonds is 4. The van der Waals surface area contributed by atoms with Crippen molar-refractivity contribution in [1.29, 1.82) is 0 Å². The van der Waals surface area contributed by atoms with E-state index in [9.17, 15) is 14.3 Å². The lowest BCUT2D eigenvalue weighted by atomic mass is 9.98. The summed E-state index contributed by atoms with van der Waals surface area (Å²) in [7, 11) is 3.85. The summed E-state index contributed by atoms with van der Waals surface area (Å²) >= 11 is 6.74. The van der Waals surface area contributed by atoms with E-state index in [1.54, 1.807) is 10.6 Å². The zero-order valence-corrected chi connectivity index (χ0v) is 20.1. The van der Waals surface area contributed by atoms with Gasteiger partial charge in [0.25, 0.3) is 0 Å². The molecule has 3 aromatic rings. The summed E-state index contributed by atoms with van der Waals surface area (Å²) in [5, 5.41) is 14.7. The molecule has 1 saturated heterocycles. The Morgan fingerprint density at radius 1 is 1.35 bits per heavy atom. The standard InChI is InChI=1S/C24H27ClFN5O3/c1-13-10-27-7-8-30(13)23-15-9-16(25)19(20-17(26)5-4-6-18(20)32)22-21(15)31(24(33)28-23)14(12-34-22)11-29(2)3/h4-6,9,13-14,27,32H,7-8,10-12H2,1-3H3/t13-,14-/m0/s1. The highest BCUT2D eigenvalue weighted by molar-refractivity contribution is 6.35. The van der Waals surface area contributed by atoms with Crippen molar-refractivity contribution in [2.75, 3.05) is 51.8 Å². The Bertz CT molecular complexity index is 1310. The highest BCUT2D eigenvalue weighted by Gasteiger charge is 2.33. The fourth-order valence-corrected chi connectivity index (χ4v) is 5.27. The fourth-order valence-electron chi connectivity index (χ4n) is 4.98. The number of benzene rings is 2. The molecule has 2 N–H and O–H groups in total. The largest absolute Gasteiger partial charge is 0.507 e. The second kappa shape index (κ2) is 8.72. The van der Waals surface area contributed by atoms with Crippen LogP contribution in [-0.2, 0) is 0 Å². The summed E-state index contributed by atoms with van der Waals surface area (Å²) in [6.07, 6.45) is 0. The lowest BCUT2D eigenvalue weighted by molar-refractivity contribution is 0.198. The van der Waals surface area contributed by atoms with Crippen molar-refractivity contribution >= 4 is 28.3 Å². The SMILES string of the molecule is C[C@H]1CNCCN1c1nc(=O)n2c3c(c(-c4c(O)cccc4F)c(Cl)cc13)OC[C@@H]2CN(C)C. The van der Waals surface area contributed by atoms with Crippen LogP contribution in [0.25, 0.3) is 22.0 Å². The Morgan fingerprint density at radius 2 is 2.15 bits per heavy atom. The molecule has 0 amide bonds. The minimum Gasteiger partial charge on any atom is -0.507 e. The molecule has 1 fully saturated rings. The summed E-state index contributed by atoms with van der Waals surface area (Å²) < 4.78 is 22.8. The van der Waals surface area contributed by atoms with Crippen LogP contribution >= 0.6 is 11.6 Å². The van der Waals surface area contributed by atoms with Crippen LogP contribution < -0.4 is 20.6 Å². The number of halogens is 2. The predicted molar refractivity (Wildman–Crippen MR) is 131 cm³/mol. The number of hydrogen-bond donors (Lipinski definition) is 2. The van der Waals surface area contributed by atoms with Crippen LogP contribution in [0, 0.1) is 5.82 Å². The van der Waals surface area contributed by atoms with Crippen molar-refractivity contribution in [3.05, 3.63) is 45.6 Å². The number of piperazine rings is 1. The first-order valence-electron chi connectivity index (χ1n) is 11.3. The maximum atomic E-state index is 14.9. The van der Waals surface area contributed by atoms with Gasteiger partial charge in [0.15, 0.2) is 5.75 Å². The maximum absolute atomic E-state index is 14.9. The number of aromatic hydroxyl groups is 1. The predicted octanol–water partition coefficient (Wildman–Crippen LogP) is 2.85. The van der Waals surface area contributed by atoms with Crippen molar-refractivity contribution < 1.29 is 14.2 Å². The van der Waals surface area contributed by atoms with E-state index in [4.69, 9.17) is 16.3 Å². The Labute approximate surface area is 201 Å². The Balaban J connectivity index is 1.87. The number of nitrogens with zero attached hydrogens (tertiary/aromatic N) is 4. The van der Waals surface area contributed by atoms with Gasteiger partial charge in [0.2, 0.25) is 0 Å². The number of ether oxygens (including phenoxy) is 1. The van der Waals surface area contributed by atoms with Crippen LogP contribution in [-0.4, -0.2) is 72.5 Å². The van der Waals surface area contributed by atoms with Crippen molar-refractivity contribution in [3.63, 3.8) is 0 Å². The average molecular weight is 488 g/mol. The zero-order chi connectivity index (χ0) is 24.1. The summed E-state index contributed by atoms with van der Waals surface area (Å²) in [6, 6.07) is 5.61. The number of aromatic nitrogens is 2. The molecule has 3 heterocycles. The molecule has 5 rings (SSSR count). The third-order valence-electron chi connectivity index (χ3n) is 6.47. The molecular weight excluding hydrogens is 461 g/mol. The van der Waals surface area contributed by atoms with E-state index in [-0.39, 0.29) is 46.3 Å². The van der Waals surface area contributed by atoms with Gasteiger partial charge in [-0.25, -0.2) is 9.18 Å². The molecule has 0 spiro atoms. The van der Waals surface area contributed by atoms with Crippen LogP contribution in [0.4, 0.5) is 10.2 Å². The first-order chi connectivity index (χ1) is 16.3. The first kappa shape index (κ1) is 22.9. The molecule has 8 nitrogen and oxygen atoms in total. The number of phenols is 1. The van der Waals surface area contributed by atoms with Crippen LogP contribution in [0.2, 0.25) is 5.02 Å². The molecule has 2 aliphatic heterocycles. The normalized spacial score (nSPS) is 20.1. The molecule has 34 heavy (non-hydrogen) atoms. The van der Waals surface area contributed by atoms with E-state index in [1.165, 1.54) is 18.2 Å². The number of nitrogens with one attached hydrogen (secondary N) is 1. The van der Waals surface area contributed by atoms with Gasteiger partial charge in [-0.1, -0.05) is 17.7 Å². The maximum Gasteiger partial charge on any atom is 0.350 e. The third kappa shape index (κ3) is 3.68. The van der Waals surface area contributed by atoms with Crippen LogP contribution in [0.3, 0.4) is 0 Å². The van der Waals surface area contributed by atoms with Gasteiger partial charge >= 0.3 is 5.69 Å². The fraction of sp³-hybridized carbons (Fsp3) is 0.417. The van der Waals surface area contributed by atoms with Gasteiger partial charge in [0.05, 0.1) is 27.7 Å². The monoisotopic (exact) mass is 487 g/mol. The van der Waals surface area contributed by atoms with Gasteiger partial charge in [-0.05, 0) is 39.2 Å². The van der Waals surface area contributed by atoms with E-state index in [0.29, 0.717) is 29.8 Å². The molecular formula is C24H27ClFN5O3. The topological polar surface area (TPSA) is 82.9 Å². The average Bonchev–Trinajstić information content (AvgIpc) is 2.78. The van der Waals surface area contributed by atoms with Crippen LogP contribution in [0.1, 0.15) is 13.0 Å². The molecule has 0 bridgehead atoms. The van der Waals surface area contributed by atoms with Gasteiger partial charge in [0.1, 0.15) is 24.0 Å². The van der Waals surface area contributed by atoms with Gasteiger partial charge in [-0.15, -0.1) is 0 Å². The molecule has 0 radical (unpaired) electrons. The van der Waals surface area contributed by atoms with Crippen molar-refractivity contribution in [3.8, 4) is 22.6 Å². The molecule has 2 aromatic carbocycles. The smallest absolute Gasteiger partial charge is 0.350 e. The molecule has 0 unspecified atom stereocenters. The van der Waals surface area contributed by atoms with Crippen LogP contribution in [0.5, 0.6) is 11.5 Å². The molecule has 2 aliphatic rings. The quantitative estimate of drug-likeness (QED) is 0.585. The second-order valence-electron chi connectivity index (χ2n) is 9.15. The van der Waals surface area contributed by atoms with Gasteiger partial charge in [0, 0.05) is 37.6 Å². The van der Waals surface area contributed by atoms with E-state index in [2.05, 4.69) is 22.1 Å². The van der Waals surface area contributed by atoms with Gasteiger partial charge < -0.3 is 25.0 Å². The van der Waals surface area contributed by atoms with E-state index in [1.807, 2.05) is 19.0 Å². The summed E-state index contributed by atoms with van der Waals surface area (Å²) in [4.78, 5) is 22.0. The number of likely N-dealkylation sites (N-methyl/N-ethyl adjacent to an activating group) is 1. The summed E-state index contributed by atoms with van der Waals surface area (Å²) in [6.45, 7) is 5.01. The third-order valence-corrected chi connectivity index (χ3v) is 6.77. The Kier molecular flexibility index (Phi) is 5.87. The first-order valence-corrected chi connectivity index (χ1v) is 11.7. The summed E-state index contributed by atoms with van der Waals surface area (Å²) in [5.74, 6) is -0.0703. The molecule has 180 valence electrons. The molecule has 10 heteroatoms. The van der Waals surface area contributed by atoms with Crippen molar-refractivity contribution in [2.45, 2.75) is 19.0 Å². The highest BCUT2D eigenvalue weighted by atomic mass is 35.5. The lowest BCUT2D eigenvalue weighted by Crippen LogP contribution is -2.51. The van der Waals surface area contributed by atoms with E-state index < -0.39 is 11.5 Å². The van der Waals surface area contributed by atoms with Crippen molar-refractivity contribution in [1.82, 2.24) is 19.8 Å². The highest BCUT2D eigenvalue weighted by Crippen LogP contribution is 2.49. The van der Waals surface area contributed by atoms with Gasteiger partial charge in [-0.3, -0.25) is 4.57 Å². The second-order valence-corrected chi connectivity index (χ2v) is 9.56.